The number of rotatable bonds is 1. The summed E-state index contributed by atoms with van der Waals surface area (Å²) >= 11 is 0. The van der Waals surface area contributed by atoms with Crippen molar-refractivity contribution in [1.82, 2.24) is 0 Å². The monoisotopic (exact) mass is 232 g/mol. The molecule has 0 amide bonds. The minimum Gasteiger partial charge on any atom is -0.444 e. The molecule has 2 N–H and O–H groups in total. The quantitative estimate of drug-likeness (QED) is 0.750. The Morgan fingerprint density at radius 1 is 1.47 bits per heavy atom. The van der Waals surface area contributed by atoms with E-state index in [0.717, 1.165) is 12.8 Å². The first kappa shape index (κ1) is 11.7. The lowest BCUT2D eigenvalue weighted by Gasteiger charge is -2.32. The maximum absolute atomic E-state index is 12.0. The molecule has 90 valence electrons. The summed E-state index contributed by atoms with van der Waals surface area (Å²) in [6.45, 7) is 3.99. The second-order valence-corrected chi connectivity index (χ2v) is 4.83. The number of carbonyl (C=O) groups is 1. The number of hydrogen-bond acceptors (Lipinski definition) is 4. The van der Waals surface area contributed by atoms with Crippen molar-refractivity contribution >= 4 is 5.78 Å². The molecule has 2 aliphatic rings. The van der Waals surface area contributed by atoms with E-state index in [1.165, 1.54) is 0 Å². The molecule has 2 rings (SSSR count). The van der Waals surface area contributed by atoms with E-state index in [0.29, 0.717) is 23.3 Å². The number of nitriles is 1. The molecule has 1 aliphatic carbocycles. The van der Waals surface area contributed by atoms with Crippen molar-refractivity contribution in [2.75, 3.05) is 0 Å². The molecule has 0 bridgehead atoms. The van der Waals surface area contributed by atoms with E-state index in [-0.39, 0.29) is 23.5 Å². The molecular weight excluding hydrogens is 216 g/mol. The van der Waals surface area contributed by atoms with Crippen LogP contribution in [0.15, 0.2) is 22.8 Å². The van der Waals surface area contributed by atoms with Crippen LogP contribution in [0.3, 0.4) is 0 Å². The van der Waals surface area contributed by atoms with Crippen LogP contribution in [0.25, 0.3) is 0 Å². The Hall–Kier alpha value is -1.76. The van der Waals surface area contributed by atoms with E-state index in [1.807, 2.05) is 13.8 Å². The van der Waals surface area contributed by atoms with Gasteiger partial charge in [0.25, 0.3) is 0 Å². The normalized spacial score (nSPS) is 24.6. The molecule has 1 aliphatic heterocycles. The zero-order valence-corrected chi connectivity index (χ0v) is 10.1. The highest BCUT2D eigenvalue weighted by Crippen LogP contribution is 2.40. The molecule has 0 radical (unpaired) electrons. The van der Waals surface area contributed by atoms with E-state index in [2.05, 4.69) is 6.07 Å². The van der Waals surface area contributed by atoms with E-state index in [1.54, 1.807) is 0 Å². The molecule has 1 atom stereocenters. The minimum absolute atomic E-state index is 0.102. The lowest BCUT2D eigenvalue weighted by atomic mass is 9.76. The van der Waals surface area contributed by atoms with Gasteiger partial charge in [-0.3, -0.25) is 4.79 Å². The summed E-state index contributed by atoms with van der Waals surface area (Å²) in [5, 5.41) is 9.16. The van der Waals surface area contributed by atoms with Crippen LogP contribution in [0.2, 0.25) is 0 Å². The number of ether oxygens (including phenoxy) is 1. The molecule has 17 heavy (non-hydrogen) atoms. The summed E-state index contributed by atoms with van der Waals surface area (Å²) < 4.78 is 5.44. The van der Waals surface area contributed by atoms with Gasteiger partial charge in [-0.25, -0.2) is 0 Å². The summed E-state index contributed by atoms with van der Waals surface area (Å²) in [5.41, 5.74) is 6.83. The lowest BCUT2D eigenvalue weighted by Crippen LogP contribution is -2.31. The Bertz CT molecular complexity index is 466. The maximum atomic E-state index is 12.0. The van der Waals surface area contributed by atoms with Crippen LogP contribution in [-0.4, -0.2) is 5.78 Å². The molecule has 0 saturated carbocycles. The number of allylic oxidation sites excluding steroid dienone is 3. The van der Waals surface area contributed by atoms with Crippen LogP contribution in [0.4, 0.5) is 0 Å². The molecule has 4 heteroatoms. The highest BCUT2D eigenvalue weighted by atomic mass is 16.5. The molecule has 0 aromatic rings. The Balaban J connectivity index is 2.52. The van der Waals surface area contributed by atoms with E-state index < -0.39 is 0 Å². The van der Waals surface area contributed by atoms with Gasteiger partial charge in [-0.05, 0) is 12.3 Å². The third kappa shape index (κ3) is 1.82. The average molecular weight is 232 g/mol. The van der Waals surface area contributed by atoms with Crippen molar-refractivity contribution in [3.63, 3.8) is 0 Å². The number of Topliss-reactive ketones (excluding diaryl/α,β-unsaturated/α-hetero) is 1. The van der Waals surface area contributed by atoms with E-state index in [9.17, 15) is 4.79 Å². The smallest absolute Gasteiger partial charge is 0.204 e. The first-order chi connectivity index (χ1) is 8.06. The standard InChI is InChI=1S/C13H16N2O2/c1-7(2)11-8(6-14)13(15)17-10-5-3-4-9(16)12(10)11/h7,11H,3-5,15H2,1-2H3/t11-/m1/s1. The summed E-state index contributed by atoms with van der Waals surface area (Å²) in [7, 11) is 0. The Labute approximate surface area is 101 Å². The second-order valence-electron chi connectivity index (χ2n) is 4.83. The predicted octanol–water partition coefficient (Wildman–Crippen LogP) is 1.99. The van der Waals surface area contributed by atoms with Gasteiger partial charge in [0.1, 0.15) is 11.8 Å². The van der Waals surface area contributed by atoms with Crippen LogP contribution in [0.1, 0.15) is 33.1 Å². The van der Waals surface area contributed by atoms with Gasteiger partial charge in [-0.2, -0.15) is 5.26 Å². The maximum Gasteiger partial charge on any atom is 0.204 e. The summed E-state index contributed by atoms with van der Waals surface area (Å²) in [5.74, 6) is 0.914. The van der Waals surface area contributed by atoms with Gasteiger partial charge in [-0.1, -0.05) is 13.8 Å². The van der Waals surface area contributed by atoms with Crippen molar-refractivity contribution < 1.29 is 9.53 Å². The van der Waals surface area contributed by atoms with Crippen LogP contribution in [0, 0.1) is 23.2 Å². The SMILES string of the molecule is CC(C)[C@@H]1C(C#N)=C(N)OC2=C1C(=O)CCC2. The lowest BCUT2D eigenvalue weighted by molar-refractivity contribution is -0.117. The molecule has 0 aromatic carbocycles. The Morgan fingerprint density at radius 3 is 2.76 bits per heavy atom. The number of nitrogens with two attached hydrogens (primary N) is 1. The number of carbonyl (C=O) groups excluding carboxylic acids is 1. The zero-order chi connectivity index (χ0) is 12.6. The van der Waals surface area contributed by atoms with E-state index >= 15 is 0 Å². The molecule has 4 nitrogen and oxygen atoms in total. The third-order valence-corrected chi connectivity index (χ3v) is 3.32. The molecule has 0 aromatic heterocycles. The first-order valence-electron chi connectivity index (χ1n) is 5.90. The highest BCUT2D eigenvalue weighted by molar-refractivity contribution is 5.98. The minimum atomic E-state index is -0.198. The number of ketones is 1. The van der Waals surface area contributed by atoms with Crippen molar-refractivity contribution in [3.8, 4) is 6.07 Å². The Kier molecular flexibility index (Phi) is 2.93. The molecule has 1 heterocycles. The van der Waals surface area contributed by atoms with Crippen LogP contribution in [0.5, 0.6) is 0 Å². The fourth-order valence-electron chi connectivity index (χ4n) is 2.56. The van der Waals surface area contributed by atoms with Gasteiger partial charge in [-0.15, -0.1) is 0 Å². The molecule has 0 fully saturated rings. The van der Waals surface area contributed by atoms with Crippen LogP contribution >= 0.6 is 0 Å². The van der Waals surface area contributed by atoms with Crippen LogP contribution in [-0.2, 0) is 9.53 Å². The Morgan fingerprint density at radius 2 is 2.18 bits per heavy atom. The molecule has 0 unspecified atom stereocenters. The van der Waals surface area contributed by atoms with Crippen molar-refractivity contribution in [3.05, 3.63) is 22.8 Å². The zero-order valence-electron chi connectivity index (χ0n) is 10.1. The molecule has 0 saturated heterocycles. The van der Waals surface area contributed by atoms with Gasteiger partial charge in [0.2, 0.25) is 5.88 Å². The average Bonchev–Trinajstić information content (AvgIpc) is 2.27. The van der Waals surface area contributed by atoms with Crippen molar-refractivity contribution in [2.45, 2.75) is 33.1 Å². The van der Waals surface area contributed by atoms with E-state index in [4.69, 9.17) is 15.7 Å². The topological polar surface area (TPSA) is 76.1 Å². The summed E-state index contributed by atoms with van der Waals surface area (Å²) in [4.78, 5) is 12.0. The largest absolute Gasteiger partial charge is 0.444 e. The summed E-state index contributed by atoms with van der Waals surface area (Å²) in [6.07, 6.45) is 2.09. The fourth-order valence-corrected chi connectivity index (χ4v) is 2.56. The van der Waals surface area contributed by atoms with Gasteiger partial charge in [0.15, 0.2) is 5.78 Å². The van der Waals surface area contributed by atoms with Gasteiger partial charge in [0.05, 0.1) is 5.57 Å². The van der Waals surface area contributed by atoms with Gasteiger partial charge >= 0.3 is 0 Å². The highest BCUT2D eigenvalue weighted by Gasteiger charge is 2.38. The molecule has 0 spiro atoms. The number of nitrogens with zero attached hydrogens (tertiary/aromatic N) is 1. The summed E-state index contributed by atoms with van der Waals surface area (Å²) in [6, 6.07) is 2.08. The third-order valence-electron chi connectivity index (χ3n) is 3.32. The second kappa shape index (κ2) is 4.25. The predicted molar refractivity (Wildman–Crippen MR) is 62.1 cm³/mol. The first-order valence-corrected chi connectivity index (χ1v) is 5.90. The van der Waals surface area contributed by atoms with Crippen molar-refractivity contribution in [1.29, 1.82) is 5.26 Å². The van der Waals surface area contributed by atoms with Crippen LogP contribution < -0.4 is 5.73 Å². The van der Waals surface area contributed by atoms with Gasteiger partial charge < -0.3 is 10.5 Å². The van der Waals surface area contributed by atoms with Gasteiger partial charge in [0, 0.05) is 24.3 Å². The van der Waals surface area contributed by atoms with Crippen molar-refractivity contribution in [2.24, 2.45) is 17.6 Å². The fraction of sp³-hybridized carbons (Fsp3) is 0.538. The number of hydrogen-bond donors (Lipinski definition) is 1. The molecular formula is C13H16N2O2.